The first kappa shape index (κ1) is 14.6. The van der Waals surface area contributed by atoms with Crippen LogP contribution in [-0.2, 0) is 21.3 Å². The lowest BCUT2D eigenvalue weighted by molar-refractivity contribution is 0.0276. The molecule has 0 unspecified atom stereocenters. The van der Waals surface area contributed by atoms with Crippen LogP contribution in [0.3, 0.4) is 0 Å². The molecule has 0 spiro atoms. The summed E-state index contributed by atoms with van der Waals surface area (Å²) in [5.74, 6) is 0. The van der Waals surface area contributed by atoms with Gasteiger partial charge in [0.25, 0.3) is 0 Å². The fourth-order valence-corrected chi connectivity index (χ4v) is 3.50. The van der Waals surface area contributed by atoms with Gasteiger partial charge in [-0.25, -0.2) is 13.1 Å². The molecule has 5 nitrogen and oxygen atoms in total. The maximum atomic E-state index is 11.9. The largest absolute Gasteiger partial charge is 0.377 e. The van der Waals surface area contributed by atoms with Gasteiger partial charge in [0, 0.05) is 25.1 Å². The number of rotatable bonds is 6. The predicted octanol–water partition coefficient (Wildman–Crippen LogP) is 0.910. The van der Waals surface area contributed by atoms with Crippen LogP contribution in [0.5, 0.6) is 0 Å². The molecule has 3 N–H and O–H groups in total. The molecule has 0 aliphatic carbocycles. The van der Waals surface area contributed by atoms with E-state index in [1.54, 1.807) is 19.2 Å². The number of hydrogen-bond donors (Lipinski definition) is 2. The van der Waals surface area contributed by atoms with Crippen molar-refractivity contribution >= 4 is 21.4 Å². The van der Waals surface area contributed by atoms with Gasteiger partial charge >= 0.3 is 0 Å². The third-order valence-corrected chi connectivity index (χ3v) is 5.34. The molecule has 0 saturated carbocycles. The van der Waals surface area contributed by atoms with Crippen LogP contribution < -0.4 is 10.5 Å². The molecule has 1 heterocycles. The Kier molecular flexibility index (Phi) is 4.68. The molecule has 0 aliphatic rings. The van der Waals surface area contributed by atoms with Crippen molar-refractivity contribution in [2.75, 3.05) is 13.7 Å². The molecule has 0 amide bonds. The van der Waals surface area contributed by atoms with Crippen molar-refractivity contribution in [3.05, 3.63) is 17.0 Å². The van der Waals surface area contributed by atoms with Crippen LogP contribution >= 0.6 is 11.3 Å². The zero-order chi connectivity index (χ0) is 13.1. The van der Waals surface area contributed by atoms with E-state index in [1.165, 1.54) is 11.3 Å². The first-order valence-electron chi connectivity index (χ1n) is 5.14. The van der Waals surface area contributed by atoms with Crippen LogP contribution in [-0.4, -0.2) is 27.7 Å². The molecule has 1 aromatic heterocycles. The van der Waals surface area contributed by atoms with Crippen molar-refractivity contribution in [3.63, 3.8) is 0 Å². The number of ether oxygens (including phenoxy) is 1. The summed E-state index contributed by atoms with van der Waals surface area (Å²) in [7, 11) is -1.91. The van der Waals surface area contributed by atoms with Crippen LogP contribution in [0.15, 0.2) is 16.3 Å². The molecule has 1 rings (SSSR count). The summed E-state index contributed by atoms with van der Waals surface area (Å²) in [6.45, 7) is 4.20. The number of methoxy groups -OCH3 is 1. The minimum absolute atomic E-state index is 0.224. The Hall–Kier alpha value is -0.470. The van der Waals surface area contributed by atoms with Crippen LogP contribution in [0.4, 0.5) is 0 Å². The summed E-state index contributed by atoms with van der Waals surface area (Å²) >= 11 is 1.18. The van der Waals surface area contributed by atoms with Crippen molar-refractivity contribution in [3.8, 4) is 0 Å². The third kappa shape index (κ3) is 4.04. The molecule has 17 heavy (non-hydrogen) atoms. The van der Waals surface area contributed by atoms with Crippen molar-refractivity contribution in [1.82, 2.24) is 4.72 Å². The topological polar surface area (TPSA) is 81.4 Å². The fourth-order valence-electron chi connectivity index (χ4n) is 1.02. The summed E-state index contributed by atoms with van der Waals surface area (Å²) in [5, 5.41) is 0. The molecule has 0 bridgehead atoms. The number of nitrogens with one attached hydrogen (secondary N) is 1. The summed E-state index contributed by atoms with van der Waals surface area (Å²) < 4.78 is 31.8. The summed E-state index contributed by atoms with van der Waals surface area (Å²) in [6, 6.07) is 3.29. The number of hydrogen-bond acceptors (Lipinski definition) is 5. The van der Waals surface area contributed by atoms with E-state index in [2.05, 4.69) is 4.72 Å². The van der Waals surface area contributed by atoms with E-state index in [-0.39, 0.29) is 10.8 Å². The van der Waals surface area contributed by atoms with Crippen LogP contribution in [0, 0.1) is 0 Å². The summed E-state index contributed by atoms with van der Waals surface area (Å²) in [4.78, 5) is 0.844. The smallest absolute Gasteiger partial charge is 0.250 e. The normalized spacial score (nSPS) is 12.9. The van der Waals surface area contributed by atoms with Gasteiger partial charge in [0.1, 0.15) is 4.21 Å². The number of nitrogens with two attached hydrogens (primary N) is 1. The molecule has 1 aromatic rings. The second kappa shape index (κ2) is 5.45. The maximum absolute atomic E-state index is 11.9. The predicted molar refractivity (Wildman–Crippen MR) is 68.5 cm³/mol. The van der Waals surface area contributed by atoms with Gasteiger partial charge in [0.15, 0.2) is 0 Å². The van der Waals surface area contributed by atoms with E-state index in [9.17, 15) is 8.42 Å². The standard InChI is InChI=1S/C10H18N2O3S2/c1-10(2,15-3)7-12-17(13,14)9-5-4-8(6-11)16-9/h4-5,12H,6-7,11H2,1-3H3. The molecule has 7 heteroatoms. The molecule has 0 fully saturated rings. The molecule has 98 valence electrons. The average Bonchev–Trinajstić information content (AvgIpc) is 2.76. The highest BCUT2D eigenvalue weighted by molar-refractivity contribution is 7.91. The van der Waals surface area contributed by atoms with Crippen molar-refractivity contribution in [2.24, 2.45) is 5.73 Å². The van der Waals surface area contributed by atoms with E-state index in [1.807, 2.05) is 13.8 Å². The first-order chi connectivity index (χ1) is 7.80. The van der Waals surface area contributed by atoms with Crippen molar-refractivity contribution < 1.29 is 13.2 Å². The monoisotopic (exact) mass is 278 g/mol. The molecular weight excluding hydrogens is 260 g/mol. The highest BCUT2D eigenvalue weighted by Gasteiger charge is 2.22. The van der Waals surface area contributed by atoms with Gasteiger partial charge in [-0.15, -0.1) is 11.3 Å². The molecular formula is C10H18N2O3S2. The van der Waals surface area contributed by atoms with Gasteiger partial charge in [0.05, 0.1) is 5.60 Å². The van der Waals surface area contributed by atoms with E-state index in [0.717, 1.165) is 4.88 Å². The lowest BCUT2D eigenvalue weighted by Gasteiger charge is -2.22. The Morgan fingerprint density at radius 1 is 1.47 bits per heavy atom. The molecule has 0 radical (unpaired) electrons. The summed E-state index contributed by atoms with van der Waals surface area (Å²) in [6.07, 6.45) is 0. The van der Waals surface area contributed by atoms with E-state index < -0.39 is 15.6 Å². The quantitative estimate of drug-likeness (QED) is 0.810. The number of thiophene rings is 1. The Morgan fingerprint density at radius 2 is 2.12 bits per heavy atom. The Balaban J connectivity index is 2.76. The summed E-state index contributed by atoms with van der Waals surface area (Å²) in [5.41, 5.74) is 4.92. The van der Waals surface area contributed by atoms with E-state index in [4.69, 9.17) is 10.5 Å². The van der Waals surface area contributed by atoms with Crippen molar-refractivity contribution in [2.45, 2.75) is 30.2 Å². The van der Waals surface area contributed by atoms with Gasteiger partial charge in [-0.05, 0) is 26.0 Å². The highest BCUT2D eigenvalue weighted by Crippen LogP contribution is 2.21. The van der Waals surface area contributed by atoms with Gasteiger partial charge in [-0.2, -0.15) is 0 Å². The Bertz CT molecular complexity index is 466. The lowest BCUT2D eigenvalue weighted by atomic mass is 10.1. The van der Waals surface area contributed by atoms with Crippen LogP contribution in [0.1, 0.15) is 18.7 Å². The fraction of sp³-hybridized carbons (Fsp3) is 0.600. The van der Waals surface area contributed by atoms with Gasteiger partial charge in [-0.1, -0.05) is 0 Å². The van der Waals surface area contributed by atoms with Crippen molar-refractivity contribution in [1.29, 1.82) is 0 Å². The van der Waals surface area contributed by atoms with Gasteiger partial charge in [0.2, 0.25) is 10.0 Å². The van der Waals surface area contributed by atoms with Crippen LogP contribution in [0.2, 0.25) is 0 Å². The van der Waals surface area contributed by atoms with Gasteiger partial charge < -0.3 is 10.5 Å². The maximum Gasteiger partial charge on any atom is 0.250 e. The van der Waals surface area contributed by atoms with E-state index >= 15 is 0 Å². The molecule has 0 atom stereocenters. The Morgan fingerprint density at radius 3 is 2.59 bits per heavy atom. The average molecular weight is 278 g/mol. The highest BCUT2D eigenvalue weighted by atomic mass is 32.2. The second-order valence-corrected chi connectivity index (χ2v) is 7.38. The number of sulfonamides is 1. The lowest BCUT2D eigenvalue weighted by Crippen LogP contribution is -2.39. The molecule has 0 aliphatic heterocycles. The third-order valence-electron chi connectivity index (χ3n) is 2.34. The minimum atomic E-state index is -3.46. The first-order valence-corrected chi connectivity index (χ1v) is 7.44. The second-order valence-electron chi connectivity index (χ2n) is 4.21. The van der Waals surface area contributed by atoms with E-state index in [0.29, 0.717) is 6.54 Å². The zero-order valence-corrected chi connectivity index (χ0v) is 11.8. The SMILES string of the molecule is COC(C)(C)CNS(=O)(=O)c1ccc(CN)s1. The van der Waals surface area contributed by atoms with Crippen LogP contribution in [0.25, 0.3) is 0 Å². The molecule has 0 aromatic carbocycles. The zero-order valence-electron chi connectivity index (χ0n) is 10.2. The van der Waals surface area contributed by atoms with Gasteiger partial charge in [-0.3, -0.25) is 0 Å². The Labute approximate surface area is 106 Å². The minimum Gasteiger partial charge on any atom is -0.377 e. The molecule has 0 saturated heterocycles.